The van der Waals surface area contributed by atoms with Crippen LogP contribution < -0.4 is 10.1 Å². The molecule has 0 radical (unpaired) electrons. The summed E-state index contributed by atoms with van der Waals surface area (Å²) in [4.78, 5) is 0. The van der Waals surface area contributed by atoms with Crippen LogP contribution in [0.15, 0.2) is 41.0 Å². The fourth-order valence-corrected chi connectivity index (χ4v) is 1.73. The first-order valence-electron chi connectivity index (χ1n) is 5.93. The summed E-state index contributed by atoms with van der Waals surface area (Å²) < 4.78 is 23.9. The monoisotopic (exact) mass is 249 g/mol. The van der Waals surface area contributed by atoms with E-state index in [1.165, 1.54) is 12.1 Å². The Kier molecular flexibility index (Phi) is 3.87. The Labute approximate surface area is 106 Å². The Morgan fingerprint density at radius 3 is 2.89 bits per heavy atom. The van der Waals surface area contributed by atoms with E-state index in [-0.39, 0.29) is 11.9 Å². The van der Waals surface area contributed by atoms with Gasteiger partial charge in [0, 0.05) is 6.07 Å². The van der Waals surface area contributed by atoms with E-state index in [9.17, 15) is 4.39 Å². The molecule has 1 heterocycles. The fraction of sp³-hybridized carbons (Fsp3) is 0.286. The molecular formula is C14H16FNO2. The van der Waals surface area contributed by atoms with E-state index in [1.54, 1.807) is 12.3 Å². The van der Waals surface area contributed by atoms with Crippen LogP contribution in [-0.2, 0) is 0 Å². The average molecular weight is 249 g/mol. The molecule has 0 bridgehead atoms. The van der Waals surface area contributed by atoms with E-state index in [4.69, 9.17) is 9.15 Å². The number of ether oxygens (including phenoxy) is 1. The Bertz CT molecular complexity index is 497. The molecule has 1 aromatic carbocycles. The van der Waals surface area contributed by atoms with Crippen LogP contribution in [0.25, 0.3) is 0 Å². The summed E-state index contributed by atoms with van der Waals surface area (Å²) in [6.07, 6.45) is 1.63. The predicted octanol–water partition coefficient (Wildman–Crippen LogP) is 3.99. The van der Waals surface area contributed by atoms with Crippen molar-refractivity contribution in [1.29, 1.82) is 0 Å². The molecule has 4 heteroatoms. The largest absolute Gasteiger partial charge is 0.492 e. The van der Waals surface area contributed by atoms with E-state index in [0.717, 1.165) is 11.4 Å². The molecule has 0 aliphatic heterocycles. The SMILES string of the molecule is CCOc1cc(F)ccc1NC(C)c1ccco1. The Morgan fingerprint density at radius 1 is 1.39 bits per heavy atom. The normalized spacial score (nSPS) is 12.2. The molecule has 1 aromatic heterocycles. The topological polar surface area (TPSA) is 34.4 Å². The molecule has 2 aromatic rings. The third kappa shape index (κ3) is 2.83. The minimum Gasteiger partial charge on any atom is -0.492 e. The van der Waals surface area contributed by atoms with Gasteiger partial charge in [0.05, 0.1) is 24.6 Å². The van der Waals surface area contributed by atoms with Crippen LogP contribution >= 0.6 is 0 Å². The van der Waals surface area contributed by atoms with Gasteiger partial charge in [-0.25, -0.2) is 4.39 Å². The first-order chi connectivity index (χ1) is 8.70. The Morgan fingerprint density at radius 2 is 2.22 bits per heavy atom. The molecule has 0 aliphatic carbocycles. The van der Waals surface area contributed by atoms with Gasteiger partial charge in [-0.15, -0.1) is 0 Å². The summed E-state index contributed by atoms with van der Waals surface area (Å²) in [6.45, 7) is 4.33. The molecular weight excluding hydrogens is 233 g/mol. The third-order valence-corrected chi connectivity index (χ3v) is 2.59. The molecule has 0 saturated carbocycles. The zero-order valence-corrected chi connectivity index (χ0v) is 10.4. The zero-order valence-electron chi connectivity index (χ0n) is 10.4. The number of anilines is 1. The van der Waals surface area contributed by atoms with Gasteiger partial charge < -0.3 is 14.5 Å². The van der Waals surface area contributed by atoms with Crippen LogP contribution in [0, 0.1) is 5.82 Å². The summed E-state index contributed by atoms with van der Waals surface area (Å²) in [5, 5.41) is 3.24. The number of nitrogens with one attached hydrogen (secondary N) is 1. The van der Waals surface area contributed by atoms with Crippen molar-refractivity contribution in [2.75, 3.05) is 11.9 Å². The molecule has 0 aliphatic rings. The van der Waals surface area contributed by atoms with Crippen LogP contribution in [0.5, 0.6) is 5.75 Å². The molecule has 2 rings (SSSR count). The molecule has 3 nitrogen and oxygen atoms in total. The van der Waals surface area contributed by atoms with Gasteiger partial charge in [-0.2, -0.15) is 0 Å². The maximum atomic E-state index is 13.2. The standard InChI is InChI=1S/C14H16FNO2/c1-3-17-14-9-11(15)6-7-12(14)16-10(2)13-5-4-8-18-13/h4-10,16H,3H2,1-2H3. The molecule has 0 spiro atoms. The quantitative estimate of drug-likeness (QED) is 0.870. The summed E-state index contributed by atoms with van der Waals surface area (Å²) >= 11 is 0. The number of hydrogen-bond acceptors (Lipinski definition) is 3. The van der Waals surface area contributed by atoms with E-state index in [1.807, 2.05) is 26.0 Å². The predicted molar refractivity (Wildman–Crippen MR) is 68.3 cm³/mol. The zero-order chi connectivity index (χ0) is 13.0. The summed E-state index contributed by atoms with van der Waals surface area (Å²) in [6, 6.07) is 8.16. The van der Waals surface area contributed by atoms with Gasteiger partial charge >= 0.3 is 0 Å². The minimum absolute atomic E-state index is 0.00957. The number of rotatable bonds is 5. The van der Waals surface area contributed by atoms with E-state index in [0.29, 0.717) is 12.4 Å². The van der Waals surface area contributed by atoms with Gasteiger partial charge in [-0.05, 0) is 38.1 Å². The van der Waals surface area contributed by atoms with Crippen molar-refractivity contribution < 1.29 is 13.5 Å². The lowest BCUT2D eigenvalue weighted by Gasteiger charge is -2.16. The van der Waals surface area contributed by atoms with Gasteiger partial charge in [0.1, 0.15) is 17.3 Å². The molecule has 18 heavy (non-hydrogen) atoms. The van der Waals surface area contributed by atoms with E-state index < -0.39 is 0 Å². The third-order valence-electron chi connectivity index (χ3n) is 2.59. The highest BCUT2D eigenvalue weighted by molar-refractivity contribution is 5.57. The first-order valence-corrected chi connectivity index (χ1v) is 5.93. The summed E-state index contributed by atoms with van der Waals surface area (Å²) in [5.74, 6) is 1.02. The van der Waals surface area contributed by atoms with E-state index >= 15 is 0 Å². The summed E-state index contributed by atoms with van der Waals surface area (Å²) in [7, 11) is 0. The van der Waals surface area contributed by atoms with Gasteiger partial charge in [-0.1, -0.05) is 0 Å². The molecule has 1 N–H and O–H groups in total. The van der Waals surface area contributed by atoms with Crippen molar-refractivity contribution in [2.24, 2.45) is 0 Å². The highest BCUT2D eigenvalue weighted by atomic mass is 19.1. The number of benzene rings is 1. The van der Waals surface area contributed by atoms with Gasteiger partial charge in [-0.3, -0.25) is 0 Å². The van der Waals surface area contributed by atoms with Crippen LogP contribution in [0.2, 0.25) is 0 Å². The molecule has 0 amide bonds. The van der Waals surface area contributed by atoms with Crippen molar-refractivity contribution in [3.05, 3.63) is 48.2 Å². The highest BCUT2D eigenvalue weighted by Crippen LogP contribution is 2.29. The Hall–Kier alpha value is -1.97. The second-order valence-corrected chi connectivity index (χ2v) is 3.95. The maximum Gasteiger partial charge on any atom is 0.145 e. The van der Waals surface area contributed by atoms with Crippen molar-refractivity contribution in [2.45, 2.75) is 19.9 Å². The first kappa shape index (κ1) is 12.5. The number of halogens is 1. The maximum absolute atomic E-state index is 13.2. The highest BCUT2D eigenvalue weighted by Gasteiger charge is 2.11. The van der Waals surface area contributed by atoms with E-state index in [2.05, 4.69) is 5.32 Å². The lowest BCUT2D eigenvalue weighted by molar-refractivity contribution is 0.339. The van der Waals surface area contributed by atoms with Crippen molar-refractivity contribution >= 4 is 5.69 Å². The number of furan rings is 1. The lowest BCUT2D eigenvalue weighted by Crippen LogP contribution is -2.07. The molecule has 96 valence electrons. The van der Waals surface area contributed by atoms with Crippen LogP contribution in [0.4, 0.5) is 10.1 Å². The van der Waals surface area contributed by atoms with Crippen LogP contribution in [-0.4, -0.2) is 6.61 Å². The van der Waals surface area contributed by atoms with Gasteiger partial charge in [0.2, 0.25) is 0 Å². The molecule has 1 unspecified atom stereocenters. The summed E-state index contributed by atoms with van der Waals surface area (Å²) in [5.41, 5.74) is 0.752. The second kappa shape index (κ2) is 5.58. The fourth-order valence-electron chi connectivity index (χ4n) is 1.73. The van der Waals surface area contributed by atoms with Crippen LogP contribution in [0.1, 0.15) is 25.6 Å². The molecule has 0 saturated heterocycles. The lowest BCUT2D eigenvalue weighted by atomic mass is 10.2. The molecule has 0 fully saturated rings. The van der Waals surface area contributed by atoms with Crippen molar-refractivity contribution in [3.8, 4) is 5.75 Å². The second-order valence-electron chi connectivity index (χ2n) is 3.95. The van der Waals surface area contributed by atoms with Gasteiger partial charge in [0.25, 0.3) is 0 Å². The smallest absolute Gasteiger partial charge is 0.145 e. The minimum atomic E-state index is -0.311. The molecule has 1 atom stereocenters. The van der Waals surface area contributed by atoms with Gasteiger partial charge in [0.15, 0.2) is 0 Å². The average Bonchev–Trinajstić information content (AvgIpc) is 2.86. The Balaban J connectivity index is 2.17. The van der Waals surface area contributed by atoms with Crippen molar-refractivity contribution in [1.82, 2.24) is 0 Å². The van der Waals surface area contributed by atoms with Crippen molar-refractivity contribution in [3.63, 3.8) is 0 Å². The van der Waals surface area contributed by atoms with Crippen LogP contribution in [0.3, 0.4) is 0 Å². The number of hydrogen-bond donors (Lipinski definition) is 1.